The second kappa shape index (κ2) is 6.02. The molecule has 1 aliphatic carbocycles. The Hall–Kier alpha value is -0.330. The van der Waals surface area contributed by atoms with E-state index in [0.717, 1.165) is 19.3 Å². The summed E-state index contributed by atoms with van der Waals surface area (Å²) < 4.78 is 40.2. The molecule has 0 heterocycles. The Morgan fingerprint density at radius 3 is 2.59 bits per heavy atom. The molecule has 3 N–H and O–H groups in total. The lowest BCUT2D eigenvalue weighted by molar-refractivity contribution is -0.176. The molecule has 2 atom stereocenters. The molecule has 1 saturated carbocycles. The number of aliphatic hydroxyl groups excluding tert-OH is 1. The van der Waals surface area contributed by atoms with E-state index in [1.807, 2.05) is 0 Å². The van der Waals surface area contributed by atoms with E-state index in [2.05, 4.69) is 4.74 Å². The highest BCUT2D eigenvalue weighted by Gasteiger charge is 2.38. The largest absolute Gasteiger partial charge is 0.411 e. The van der Waals surface area contributed by atoms with Crippen LogP contribution < -0.4 is 5.73 Å². The molecule has 0 aromatic carbocycles. The first-order valence-corrected chi connectivity index (χ1v) is 5.92. The van der Waals surface area contributed by atoms with Crippen molar-refractivity contribution in [2.24, 2.45) is 11.1 Å². The number of hydrogen-bond acceptors (Lipinski definition) is 3. The lowest BCUT2D eigenvalue weighted by Gasteiger charge is -2.40. The third-order valence-electron chi connectivity index (χ3n) is 3.53. The van der Waals surface area contributed by atoms with Crippen LogP contribution in [0, 0.1) is 5.41 Å². The summed E-state index contributed by atoms with van der Waals surface area (Å²) in [5, 5.41) is 9.92. The van der Waals surface area contributed by atoms with Crippen molar-refractivity contribution in [1.82, 2.24) is 0 Å². The average molecular weight is 255 g/mol. The zero-order chi connectivity index (χ0) is 12.9. The summed E-state index contributed by atoms with van der Waals surface area (Å²) >= 11 is 0. The first-order chi connectivity index (χ1) is 7.90. The van der Waals surface area contributed by atoms with Gasteiger partial charge in [-0.25, -0.2) is 0 Å². The van der Waals surface area contributed by atoms with E-state index in [1.165, 1.54) is 0 Å². The second-order valence-corrected chi connectivity index (χ2v) is 4.75. The van der Waals surface area contributed by atoms with Crippen LogP contribution in [0.1, 0.15) is 32.1 Å². The molecule has 102 valence electrons. The van der Waals surface area contributed by atoms with E-state index < -0.39 is 24.3 Å². The molecule has 1 rings (SSSR count). The lowest BCUT2D eigenvalue weighted by Crippen LogP contribution is -2.45. The molecule has 0 radical (unpaired) electrons. The lowest BCUT2D eigenvalue weighted by atomic mass is 9.70. The molecule has 0 spiro atoms. The molecule has 1 fully saturated rings. The summed E-state index contributed by atoms with van der Waals surface area (Å²) in [6.07, 6.45) is -1.06. The van der Waals surface area contributed by atoms with Crippen molar-refractivity contribution in [3.05, 3.63) is 0 Å². The van der Waals surface area contributed by atoms with Crippen molar-refractivity contribution in [1.29, 1.82) is 0 Å². The molecule has 0 saturated heterocycles. The van der Waals surface area contributed by atoms with Gasteiger partial charge in [0.05, 0.1) is 6.10 Å². The number of rotatable bonds is 5. The van der Waals surface area contributed by atoms with Crippen molar-refractivity contribution >= 4 is 0 Å². The van der Waals surface area contributed by atoms with E-state index in [1.54, 1.807) is 0 Å². The summed E-state index contributed by atoms with van der Waals surface area (Å²) in [5.41, 5.74) is 5.20. The number of halogens is 3. The predicted octanol–water partition coefficient (Wildman–Crippen LogP) is 1.84. The molecule has 0 aliphatic heterocycles. The zero-order valence-electron chi connectivity index (χ0n) is 9.80. The van der Waals surface area contributed by atoms with Crippen molar-refractivity contribution < 1.29 is 23.0 Å². The molecule has 0 aromatic heterocycles. The standard InChI is InChI=1S/C11H20F3NO2/c12-11(13,14)8-17-6-5-10(7-15)4-2-1-3-9(10)16/h9,16H,1-8,15H2. The first-order valence-electron chi connectivity index (χ1n) is 5.92. The van der Waals surface area contributed by atoms with Gasteiger partial charge in [-0.1, -0.05) is 12.8 Å². The maximum atomic E-state index is 11.9. The Morgan fingerprint density at radius 2 is 2.06 bits per heavy atom. The quantitative estimate of drug-likeness (QED) is 0.737. The monoisotopic (exact) mass is 255 g/mol. The van der Waals surface area contributed by atoms with E-state index in [9.17, 15) is 18.3 Å². The normalized spacial score (nSPS) is 30.5. The zero-order valence-corrected chi connectivity index (χ0v) is 9.80. The second-order valence-electron chi connectivity index (χ2n) is 4.75. The minimum Gasteiger partial charge on any atom is -0.392 e. The highest BCUT2D eigenvalue weighted by molar-refractivity contribution is 4.90. The summed E-state index contributed by atoms with van der Waals surface area (Å²) in [5.74, 6) is 0. The average Bonchev–Trinajstić information content (AvgIpc) is 2.26. The number of ether oxygens (including phenoxy) is 1. The number of aliphatic hydroxyl groups is 1. The minimum absolute atomic E-state index is 0.00618. The van der Waals surface area contributed by atoms with Crippen LogP contribution in [0.4, 0.5) is 13.2 Å². The Morgan fingerprint density at radius 1 is 1.35 bits per heavy atom. The van der Waals surface area contributed by atoms with Crippen LogP contribution >= 0.6 is 0 Å². The fourth-order valence-corrected chi connectivity index (χ4v) is 2.38. The fraction of sp³-hybridized carbons (Fsp3) is 1.00. The molecule has 1 aliphatic rings. The SMILES string of the molecule is NCC1(CCOCC(F)(F)F)CCCCC1O. The van der Waals surface area contributed by atoms with Crippen LogP contribution in [0.25, 0.3) is 0 Å². The van der Waals surface area contributed by atoms with E-state index in [0.29, 0.717) is 19.4 Å². The molecule has 3 nitrogen and oxygen atoms in total. The summed E-state index contributed by atoms with van der Waals surface area (Å²) in [4.78, 5) is 0. The summed E-state index contributed by atoms with van der Waals surface area (Å²) in [7, 11) is 0. The van der Waals surface area contributed by atoms with Crippen molar-refractivity contribution in [3.8, 4) is 0 Å². The van der Waals surface area contributed by atoms with Gasteiger partial charge >= 0.3 is 6.18 Å². The third kappa shape index (κ3) is 4.44. The van der Waals surface area contributed by atoms with Gasteiger partial charge in [-0.2, -0.15) is 13.2 Å². The highest BCUT2D eigenvalue weighted by Crippen LogP contribution is 2.38. The first kappa shape index (κ1) is 14.7. The van der Waals surface area contributed by atoms with Gasteiger partial charge in [-0.15, -0.1) is 0 Å². The Labute approximate surface area is 99.1 Å². The van der Waals surface area contributed by atoms with Crippen LogP contribution in [0.3, 0.4) is 0 Å². The van der Waals surface area contributed by atoms with Crippen LogP contribution in [0.5, 0.6) is 0 Å². The van der Waals surface area contributed by atoms with Gasteiger partial charge in [0.1, 0.15) is 6.61 Å². The van der Waals surface area contributed by atoms with Gasteiger partial charge in [0.25, 0.3) is 0 Å². The van der Waals surface area contributed by atoms with Gasteiger partial charge in [-0.3, -0.25) is 0 Å². The smallest absolute Gasteiger partial charge is 0.392 e. The number of alkyl halides is 3. The van der Waals surface area contributed by atoms with Gasteiger partial charge in [0.2, 0.25) is 0 Å². The molecule has 0 bridgehead atoms. The Bertz CT molecular complexity index is 235. The van der Waals surface area contributed by atoms with Crippen molar-refractivity contribution in [2.75, 3.05) is 19.8 Å². The van der Waals surface area contributed by atoms with Crippen LogP contribution in [-0.4, -0.2) is 37.1 Å². The van der Waals surface area contributed by atoms with Gasteiger partial charge < -0.3 is 15.6 Å². The molecule has 0 aromatic rings. The van der Waals surface area contributed by atoms with Crippen LogP contribution in [0.2, 0.25) is 0 Å². The van der Waals surface area contributed by atoms with Crippen LogP contribution in [0.15, 0.2) is 0 Å². The number of nitrogens with two attached hydrogens (primary N) is 1. The molecule has 2 unspecified atom stereocenters. The van der Waals surface area contributed by atoms with Gasteiger partial charge in [0, 0.05) is 18.6 Å². The van der Waals surface area contributed by atoms with Crippen LogP contribution in [-0.2, 0) is 4.74 Å². The maximum absolute atomic E-state index is 11.9. The topological polar surface area (TPSA) is 55.5 Å². The summed E-state index contributed by atoms with van der Waals surface area (Å²) in [6.45, 7) is -0.943. The predicted molar refractivity (Wildman–Crippen MR) is 57.5 cm³/mol. The minimum atomic E-state index is -4.29. The van der Waals surface area contributed by atoms with E-state index >= 15 is 0 Å². The fourth-order valence-electron chi connectivity index (χ4n) is 2.38. The van der Waals surface area contributed by atoms with E-state index in [-0.39, 0.29) is 6.61 Å². The molecular formula is C11H20F3NO2. The van der Waals surface area contributed by atoms with E-state index in [4.69, 9.17) is 5.73 Å². The maximum Gasteiger partial charge on any atom is 0.411 e. The number of hydrogen-bond donors (Lipinski definition) is 2. The molecule has 6 heteroatoms. The summed E-state index contributed by atoms with van der Waals surface area (Å²) in [6, 6.07) is 0. The molecular weight excluding hydrogens is 235 g/mol. The van der Waals surface area contributed by atoms with Gasteiger partial charge in [0.15, 0.2) is 0 Å². The third-order valence-corrected chi connectivity index (χ3v) is 3.53. The van der Waals surface area contributed by atoms with Gasteiger partial charge in [-0.05, 0) is 19.3 Å². The van der Waals surface area contributed by atoms with Crippen molar-refractivity contribution in [2.45, 2.75) is 44.4 Å². The Balaban J connectivity index is 2.36. The molecule has 0 amide bonds. The molecule has 17 heavy (non-hydrogen) atoms. The highest BCUT2D eigenvalue weighted by atomic mass is 19.4. The van der Waals surface area contributed by atoms with Crippen molar-refractivity contribution in [3.63, 3.8) is 0 Å². The Kier molecular flexibility index (Phi) is 5.22.